The molecule has 0 saturated carbocycles. The molecule has 0 amide bonds. The molecule has 1 aliphatic carbocycles. The standard InChI is InChI=1S/C18H24O6/c1-3-5-10-9(4-2)8-13-11(15(19)23-17(13)21)6-7-12-14(10)18(22)24-16(12)20/h9-10,15-16,19-20H,3-8H2,1-2H3. The Bertz CT molecular complexity index is 617. The fourth-order valence-electron chi connectivity index (χ4n) is 4.19. The van der Waals surface area contributed by atoms with Gasteiger partial charge in [-0.1, -0.05) is 26.7 Å². The minimum atomic E-state index is -1.22. The number of rotatable bonds is 3. The van der Waals surface area contributed by atoms with Crippen molar-refractivity contribution in [1.29, 1.82) is 0 Å². The number of cyclic esters (lactones) is 2. The SMILES string of the molecule is CCCC1C2=C(CCC3=C(CC1CC)C(=O)OC3O)C(O)OC2=O. The van der Waals surface area contributed by atoms with Crippen LogP contribution in [0, 0.1) is 11.8 Å². The Labute approximate surface area is 141 Å². The Kier molecular flexibility index (Phi) is 4.78. The summed E-state index contributed by atoms with van der Waals surface area (Å²) in [7, 11) is 0. The summed E-state index contributed by atoms with van der Waals surface area (Å²) < 4.78 is 10.0. The van der Waals surface area contributed by atoms with Crippen LogP contribution in [0.4, 0.5) is 0 Å². The third kappa shape index (κ3) is 2.78. The summed E-state index contributed by atoms with van der Waals surface area (Å²) in [6, 6.07) is 0. The Morgan fingerprint density at radius 2 is 1.62 bits per heavy atom. The van der Waals surface area contributed by atoms with Gasteiger partial charge in [-0.15, -0.1) is 0 Å². The monoisotopic (exact) mass is 336 g/mol. The molecule has 2 heterocycles. The quantitative estimate of drug-likeness (QED) is 0.765. The number of ether oxygens (including phenoxy) is 2. The van der Waals surface area contributed by atoms with Gasteiger partial charge in [0.05, 0.1) is 0 Å². The van der Waals surface area contributed by atoms with E-state index in [0.717, 1.165) is 19.3 Å². The largest absolute Gasteiger partial charge is 0.428 e. The third-order valence-corrected chi connectivity index (χ3v) is 5.43. The van der Waals surface area contributed by atoms with E-state index in [4.69, 9.17) is 9.47 Å². The average molecular weight is 336 g/mol. The van der Waals surface area contributed by atoms with Crippen molar-refractivity contribution in [2.75, 3.05) is 0 Å². The van der Waals surface area contributed by atoms with Gasteiger partial charge in [-0.05, 0) is 37.5 Å². The van der Waals surface area contributed by atoms with E-state index in [9.17, 15) is 19.8 Å². The Hall–Kier alpha value is -1.66. The van der Waals surface area contributed by atoms with Crippen LogP contribution < -0.4 is 0 Å². The molecule has 6 heteroatoms. The lowest BCUT2D eigenvalue weighted by atomic mass is 9.76. The number of aliphatic hydroxyl groups excluding tert-OH is 2. The number of esters is 2. The first-order valence-electron chi connectivity index (χ1n) is 8.70. The van der Waals surface area contributed by atoms with Gasteiger partial charge in [0, 0.05) is 22.3 Å². The van der Waals surface area contributed by atoms with Gasteiger partial charge in [-0.25, -0.2) is 9.59 Å². The van der Waals surface area contributed by atoms with Crippen LogP contribution in [0.1, 0.15) is 52.4 Å². The highest BCUT2D eigenvalue weighted by Gasteiger charge is 2.43. The van der Waals surface area contributed by atoms with E-state index in [2.05, 4.69) is 6.92 Å². The van der Waals surface area contributed by atoms with Crippen molar-refractivity contribution < 1.29 is 29.3 Å². The number of hydrogen-bond donors (Lipinski definition) is 2. The van der Waals surface area contributed by atoms with Crippen LogP contribution in [0.3, 0.4) is 0 Å². The summed E-state index contributed by atoms with van der Waals surface area (Å²) in [5.74, 6) is -0.901. The van der Waals surface area contributed by atoms with Crippen LogP contribution in [0.5, 0.6) is 0 Å². The Balaban J connectivity index is 2.07. The van der Waals surface area contributed by atoms with Crippen molar-refractivity contribution in [2.24, 2.45) is 11.8 Å². The maximum atomic E-state index is 12.3. The summed E-state index contributed by atoms with van der Waals surface area (Å²) in [5, 5.41) is 20.1. The zero-order valence-electron chi connectivity index (χ0n) is 14.1. The molecule has 2 aliphatic heterocycles. The summed E-state index contributed by atoms with van der Waals surface area (Å²) in [6.45, 7) is 4.08. The molecule has 24 heavy (non-hydrogen) atoms. The van der Waals surface area contributed by atoms with E-state index in [-0.39, 0.29) is 11.8 Å². The summed E-state index contributed by atoms with van der Waals surface area (Å²) in [4.78, 5) is 24.4. The van der Waals surface area contributed by atoms with E-state index in [0.29, 0.717) is 41.6 Å². The molecule has 4 unspecified atom stereocenters. The molecule has 0 fully saturated rings. The molecule has 132 valence electrons. The summed E-state index contributed by atoms with van der Waals surface area (Å²) >= 11 is 0. The number of carbonyl (C=O) groups is 2. The van der Waals surface area contributed by atoms with Crippen molar-refractivity contribution in [3.63, 3.8) is 0 Å². The average Bonchev–Trinajstić information content (AvgIpc) is 2.98. The first kappa shape index (κ1) is 17.2. The molecule has 0 bridgehead atoms. The zero-order valence-corrected chi connectivity index (χ0v) is 14.1. The maximum absolute atomic E-state index is 12.3. The molecule has 4 atom stereocenters. The van der Waals surface area contributed by atoms with Crippen LogP contribution in [0.15, 0.2) is 22.3 Å². The van der Waals surface area contributed by atoms with Crippen LogP contribution in [-0.4, -0.2) is 34.7 Å². The molecule has 0 aromatic rings. The molecule has 2 N–H and O–H groups in total. The highest BCUT2D eigenvalue weighted by atomic mass is 16.6. The Morgan fingerprint density at radius 3 is 2.29 bits per heavy atom. The fourth-order valence-corrected chi connectivity index (χ4v) is 4.19. The number of carbonyl (C=O) groups excluding carboxylic acids is 2. The molecule has 0 aromatic carbocycles. The highest BCUT2D eigenvalue weighted by molar-refractivity contribution is 5.94. The topological polar surface area (TPSA) is 93.1 Å². The second-order valence-corrected chi connectivity index (χ2v) is 6.73. The normalized spacial score (nSPS) is 33.5. The van der Waals surface area contributed by atoms with Crippen LogP contribution in [0.2, 0.25) is 0 Å². The van der Waals surface area contributed by atoms with Gasteiger partial charge >= 0.3 is 11.9 Å². The van der Waals surface area contributed by atoms with E-state index in [1.165, 1.54) is 0 Å². The van der Waals surface area contributed by atoms with Crippen molar-refractivity contribution >= 4 is 11.9 Å². The minimum Gasteiger partial charge on any atom is -0.428 e. The summed E-state index contributed by atoms with van der Waals surface area (Å²) in [6.07, 6.45) is 1.26. The molecule has 3 aliphatic rings. The van der Waals surface area contributed by atoms with Crippen LogP contribution in [0.25, 0.3) is 0 Å². The number of aliphatic hydroxyl groups is 2. The Morgan fingerprint density at radius 1 is 1.00 bits per heavy atom. The molecule has 0 saturated heterocycles. The van der Waals surface area contributed by atoms with Crippen LogP contribution >= 0.6 is 0 Å². The second-order valence-electron chi connectivity index (χ2n) is 6.73. The minimum absolute atomic E-state index is 0.0583. The second kappa shape index (κ2) is 6.69. The molecular formula is C18H24O6. The van der Waals surface area contributed by atoms with Crippen molar-refractivity contribution in [3.8, 4) is 0 Å². The summed E-state index contributed by atoms with van der Waals surface area (Å²) in [5.41, 5.74) is 2.30. The lowest BCUT2D eigenvalue weighted by Crippen LogP contribution is -2.22. The van der Waals surface area contributed by atoms with Gasteiger partial charge in [-0.3, -0.25) is 0 Å². The first-order valence-corrected chi connectivity index (χ1v) is 8.70. The van der Waals surface area contributed by atoms with Crippen LogP contribution in [-0.2, 0) is 19.1 Å². The van der Waals surface area contributed by atoms with Crippen molar-refractivity contribution in [1.82, 2.24) is 0 Å². The molecule has 0 spiro atoms. The van der Waals surface area contributed by atoms with E-state index < -0.39 is 24.5 Å². The van der Waals surface area contributed by atoms with Gasteiger partial charge in [0.15, 0.2) is 0 Å². The maximum Gasteiger partial charge on any atom is 0.337 e. The third-order valence-electron chi connectivity index (χ3n) is 5.43. The van der Waals surface area contributed by atoms with E-state index >= 15 is 0 Å². The van der Waals surface area contributed by atoms with Crippen molar-refractivity contribution in [3.05, 3.63) is 22.3 Å². The first-order chi connectivity index (χ1) is 11.5. The lowest BCUT2D eigenvalue weighted by molar-refractivity contribution is -0.153. The zero-order chi connectivity index (χ0) is 17.4. The van der Waals surface area contributed by atoms with Gasteiger partial charge in [0.1, 0.15) is 0 Å². The van der Waals surface area contributed by atoms with Gasteiger partial charge < -0.3 is 19.7 Å². The highest BCUT2D eigenvalue weighted by Crippen LogP contribution is 2.44. The molecule has 0 radical (unpaired) electrons. The molecule has 0 aromatic heterocycles. The van der Waals surface area contributed by atoms with Gasteiger partial charge in [0.25, 0.3) is 0 Å². The molecule has 3 rings (SSSR count). The predicted molar refractivity (Wildman–Crippen MR) is 84.3 cm³/mol. The number of hydrogen-bond acceptors (Lipinski definition) is 6. The molecule has 6 nitrogen and oxygen atoms in total. The van der Waals surface area contributed by atoms with Gasteiger partial charge in [0.2, 0.25) is 12.6 Å². The lowest BCUT2D eigenvalue weighted by Gasteiger charge is -2.26. The van der Waals surface area contributed by atoms with E-state index in [1.807, 2.05) is 6.92 Å². The van der Waals surface area contributed by atoms with E-state index in [1.54, 1.807) is 0 Å². The fraction of sp³-hybridized carbons (Fsp3) is 0.667. The van der Waals surface area contributed by atoms with Crippen molar-refractivity contribution in [2.45, 2.75) is 65.0 Å². The van der Waals surface area contributed by atoms with Gasteiger partial charge in [-0.2, -0.15) is 0 Å². The molecular weight excluding hydrogens is 312 g/mol. The predicted octanol–water partition coefficient (Wildman–Crippen LogP) is 1.96. The smallest absolute Gasteiger partial charge is 0.337 e.